The number of pyridine rings is 2. The summed E-state index contributed by atoms with van der Waals surface area (Å²) in [5.41, 5.74) is 1.24. The zero-order valence-corrected chi connectivity index (χ0v) is 10.4. The molecule has 0 aliphatic heterocycles. The summed E-state index contributed by atoms with van der Waals surface area (Å²) >= 11 is 0. The minimum atomic E-state index is -0.0822. The molecular formula is C14H12N4O. The minimum Gasteiger partial charge on any atom is -0.290 e. The SMILES string of the molecule is Cc1nc2ncccc2c(=O)n1Cc1ccccn1. The van der Waals surface area contributed by atoms with Crippen molar-refractivity contribution >= 4 is 11.0 Å². The predicted molar refractivity (Wildman–Crippen MR) is 71.9 cm³/mol. The summed E-state index contributed by atoms with van der Waals surface area (Å²) < 4.78 is 1.62. The van der Waals surface area contributed by atoms with Crippen LogP contribution in [-0.2, 0) is 6.54 Å². The Bertz CT molecular complexity index is 780. The second-order valence-electron chi connectivity index (χ2n) is 4.25. The molecule has 0 aliphatic carbocycles. The molecule has 0 fully saturated rings. The number of nitrogens with zero attached hydrogens (tertiary/aromatic N) is 4. The molecule has 19 heavy (non-hydrogen) atoms. The standard InChI is InChI=1S/C14H12N4O/c1-10-17-13-12(6-4-8-16-13)14(19)18(10)9-11-5-2-3-7-15-11/h2-8H,9H2,1H3. The molecule has 3 aromatic heterocycles. The van der Waals surface area contributed by atoms with Gasteiger partial charge in [0, 0.05) is 12.4 Å². The van der Waals surface area contributed by atoms with Crippen LogP contribution in [0.3, 0.4) is 0 Å². The molecule has 0 aromatic carbocycles. The number of rotatable bonds is 2. The summed E-state index contributed by atoms with van der Waals surface area (Å²) in [6, 6.07) is 9.12. The third-order valence-electron chi connectivity index (χ3n) is 2.97. The first-order chi connectivity index (χ1) is 9.25. The largest absolute Gasteiger partial charge is 0.290 e. The van der Waals surface area contributed by atoms with Crippen molar-refractivity contribution in [3.63, 3.8) is 0 Å². The van der Waals surface area contributed by atoms with Gasteiger partial charge in [-0.3, -0.25) is 14.3 Å². The third kappa shape index (κ3) is 2.10. The van der Waals surface area contributed by atoms with Crippen LogP contribution in [0.2, 0.25) is 0 Å². The van der Waals surface area contributed by atoms with Gasteiger partial charge in [0.15, 0.2) is 5.65 Å². The molecule has 3 rings (SSSR count). The lowest BCUT2D eigenvalue weighted by Crippen LogP contribution is -2.25. The van der Waals surface area contributed by atoms with E-state index in [4.69, 9.17) is 0 Å². The van der Waals surface area contributed by atoms with Crippen LogP contribution in [0.4, 0.5) is 0 Å². The first-order valence-electron chi connectivity index (χ1n) is 5.98. The van der Waals surface area contributed by atoms with Crippen molar-refractivity contribution in [2.45, 2.75) is 13.5 Å². The number of hydrogen-bond acceptors (Lipinski definition) is 4. The minimum absolute atomic E-state index is 0.0822. The Morgan fingerprint density at radius 2 is 1.95 bits per heavy atom. The molecule has 0 radical (unpaired) electrons. The highest BCUT2D eigenvalue weighted by Crippen LogP contribution is 2.06. The van der Waals surface area contributed by atoms with Crippen LogP contribution < -0.4 is 5.56 Å². The topological polar surface area (TPSA) is 60.7 Å². The van der Waals surface area contributed by atoms with Crippen molar-refractivity contribution in [3.8, 4) is 0 Å². The quantitative estimate of drug-likeness (QED) is 0.694. The Balaban J connectivity index is 2.16. The summed E-state index contributed by atoms with van der Waals surface area (Å²) in [5, 5.41) is 0.532. The van der Waals surface area contributed by atoms with Crippen LogP contribution in [0, 0.1) is 6.92 Å². The molecule has 0 atom stereocenters. The van der Waals surface area contributed by atoms with Crippen molar-refractivity contribution in [3.05, 3.63) is 64.6 Å². The van der Waals surface area contributed by atoms with Gasteiger partial charge in [-0.15, -0.1) is 0 Å². The van der Waals surface area contributed by atoms with Gasteiger partial charge in [-0.2, -0.15) is 0 Å². The fourth-order valence-electron chi connectivity index (χ4n) is 2.00. The van der Waals surface area contributed by atoms with Gasteiger partial charge in [0.1, 0.15) is 5.82 Å². The van der Waals surface area contributed by atoms with Crippen molar-refractivity contribution in [2.75, 3.05) is 0 Å². The van der Waals surface area contributed by atoms with Crippen molar-refractivity contribution < 1.29 is 0 Å². The number of aromatic nitrogens is 4. The second kappa shape index (κ2) is 4.61. The van der Waals surface area contributed by atoms with Crippen LogP contribution in [0.5, 0.6) is 0 Å². The fraction of sp³-hybridized carbons (Fsp3) is 0.143. The second-order valence-corrected chi connectivity index (χ2v) is 4.25. The smallest absolute Gasteiger partial charge is 0.263 e. The monoisotopic (exact) mass is 252 g/mol. The van der Waals surface area contributed by atoms with Gasteiger partial charge in [-0.05, 0) is 31.2 Å². The van der Waals surface area contributed by atoms with Crippen LogP contribution >= 0.6 is 0 Å². The first-order valence-corrected chi connectivity index (χ1v) is 5.98. The molecule has 0 saturated heterocycles. The van der Waals surface area contributed by atoms with E-state index in [0.29, 0.717) is 23.4 Å². The van der Waals surface area contributed by atoms with Gasteiger partial charge < -0.3 is 0 Å². The summed E-state index contributed by atoms with van der Waals surface area (Å²) in [7, 11) is 0. The Kier molecular flexibility index (Phi) is 2.79. The Morgan fingerprint density at radius 3 is 2.74 bits per heavy atom. The Morgan fingerprint density at radius 1 is 1.11 bits per heavy atom. The van der Waals surface area contributed by atoms with Gasteiger partial charge >= 0.3 is 0 Å². The maximum atomic E-state index is 12.4. The van der Waals surface area contributed by atoms with E-state index < -0.39 is 0 Å². The van der Waals surface area contributed by atoms with E-state index in [9.17, 15) is 4.79 Å². The van der Waals surface area contributed by atoms with E-state index in [1.807, 2.05) is 18.2 Å². The molecule has 0 N–H and O–H groups in total. The molecule has 0 unspecified atom stereocenters. The molecule has 5 heteroatoms. The van der Waals surface area contributed by atoms with Crippen LogP contribution in [0.15, 0.2) is 47.5 Å². The lowest BCUT2D eigenvalue weighted by molar-refractivity contribution is 0.696. The van der Waals surface area contributed by atoms with Gasteiger partial charge in [-0.1, -0.05) is 6.07 Å². The fourth-order valence-corrected chi connectivity index (χ4v) is 2.00. The average Bonchev–Trinajstić information content (AvgIpc) is 2.45. The van der Waals surface area contributed by atoms with E-state index in [0.717, 1.165) is 5.69 Å². The molecule has 0 amide bonds. The lowest BCUT2D eigenvalue weighted by atomic mass is 10.3. The van der Waals surface area contributed by atoms with E-state index in [2.05, 4.69) is 15.0 Å². The highest BCUT2D eigenvalue weighted by molar-refractivity contribution is 5.72. The summed E-state index contributed by atoms with van der Waals surface area (Å²) in [6.07, 6.45) is 3.35. The van der Waals surface area contributed by atoms with Gasteiger partial charge in [0.2, 0.25) is 0 Å². The lowest BCUT2D eigenvalue weighted by Gasteiger charge is -2.09. The molecule has 0 saturated carbocycles. The Hall–Kier alpha value is -2.56. The average molecular weight is 252 g/mol. The number of fused-ring (bicyclic) bond motifs is 1. The molecule has 94 valence electrons. The van der Waals surface area contributed by atoms with Crippen molar-refractivity contribution in [1.82, 2.24) is 19.5 Å². The number of aryl methyl sites for hydroxylation is 1. The van der Waals surface area contributed by atoms with E-state index in [-0.39, 0.29) is 5.56 Å². The van der Waals surface area contributed by atoms with Crippen LogP contribution in [-0.4, -0.2) is 19.5 Å². The van der Waals surface area contributed by atoms with E-state index in [1.165, 1.54) is 0 Å². The highest BCUT2D eigenvalue weighted by Gasteiger charge is 2.09. The predicted octanol–water partition coefficient (Wildman–Crippen LogP) is 1.54. The molecule has 3 aromatic rings. The van der Waals surface area contributed by atoms with Gasteiger partial charge in [0.25, 0.3) is 5.56 Å². The molecule has 5 nitrogen and oxygen atoms in total. The van der Waals surface area contributed by atoms with E-state index >= 15 is 0 Å². The van der Waals surface area contributed by atoms with Crippen LogP contribution in [0.25, 0.3) is 11.0 Å². The molecule has 0 aliphatic rings. The van der Waals surface area contributed by atoms with Gasteiger partial charge in [-0.25, -0.2) is 9.97 Å². The zero-order chi connectivity index (χ0) is 13.2. The maximum Gasteiger partial charge on any atom is 0.263 e. The van der Waals surface area contributed by atoms with Crippen LogP contribution in [0.1, 0.15) is 11.5 Å². The molecule has 0 bridgehead atoms. The van der Waals surface area contributed by atoms with E-state index in [1.54, 1.807) is 36.0 Å². The normalized spacial score (nSPS) is 10.8. The number of hydrogen-bond donors (Lipinski definition) is 0. The zero-order valence-electron chi connectivity index (χ0n) is 10.4. The van der Waals surface area contributed by atoms with Crippen molar-refractivity contribution in [2.24, 2.45) is 0 Å². The summed E-state index contributed by atoms with van der Waals surface area (Å²) in [6.45, 7) is 2.22. The summed E-state index contributed by atoms with van der Waals surface area (Å²) in [5.74, 6) is 0.641. The molecule has 3 heterocycles. The Labute approximate surface area is 109 Å². The highest BCUT2D eigenvalue weighted by atomic mass is 16.1. The van der Waals surface area contributed by atoms with Gasteiger partial charge in [0.05, 0.1) is 17.6 Å². The molecule has 0 spiro atoms. The summed E-state index contributed by atoms with van der Waals surface area (Å²) in [4.78, 5) is 25.1. The first kappa shape index (κ1) is 11.5. The van der Waals surface area contributed by atoms with Crippen molar-refractivity contribution in [1.29, 1.82) is 0 Å². The molecular weight excluding hydrogens is 240 g/mol. The third-order valence-corrected chi connectivity index (χ3v) is 2.97. The maximum absolute atomic E-state index is 12.4.